The first-order valence-corrected chi connectivity index (χ1v) is 6.05. The van der Waals surface area contributed by atoms with Gasteiger partial charge in [0, 0.05) is 11.8 Å². The van der Waals surface area contributed by atoms with Gasteiger partial charge in [0.25, 0.3) is 0 Å². The average molecular weight is 332 g/mol. The Bertz CT molecular complexity index is 687. The third-order valence-corrected chi connectivity index (χ3v) is 3.01. The number of alkyl halides is 3. The van der Waals surface area contributed by atoms with Crippen LogP contribution in [0.5, 0.6) is 0 Å². The van der Waals surface area contributed by atoms with E-state index in [-0.39, 0.29) is 12.4 Å². The van der Waals surface area contributed by atoms with Gasteiger partial charge in [-0.2, -0.15) is 13.2 Å². The fraction of sp³-hybridized carbons (Fsp3) is 0.200. The monoisotopic (exact) mass is 331 g/mol. The summed E-state index contributed by atoms with van der Waals surface area (Å²) in [4.78, 5) is 15.6. The van der Waals surface area contributed by atoms with E-state index in [9.17, 15) is 18.0 Å². The number of nitrogens with zero attached hydrogens (tertiary/aromatic N) is 1. The van der Waals surface area contributed by atoms with Crippen molar-refractivity contribution in [3.05, 3.63) is 53.2 Å². The highest BCUT2D eigenvalue weighted by Gasteiger charge is 2.30. The minimum atomic E-state index is -4.38. The van der Waals surface area contributed by atoms with E-state index in [1.54, 1.807) is 6.92 Å². The topological polar surface area (TPSA) is 39.2 Å². The number of rotatable bonds is 2. The molecule has 1 heterocycles. The van der Waals surface area contributed by atoms with Gasteiger partial charge in [0.1, 0.15) is 0 Å². The molecule has 0 aliphatic rings. The molecular formula is C15H13ClF3NO2. The molecule has 0 aliphatic carbocycles. The predicted molar refractivity (Wildman–Crippen MR) is 78.0 cm³/mol. The molecule has 0 amide bonds. The van der Waals surface area contributed by atoms with E-state index in [1.165, 1.54) is 31.5 Å². The third-order valence-electron chi connectivity index (χ3n) is 3.01. The van der Waals surface area contributed by atoms with E-state index >= 15 is 0 Å². The molecule has 1 aromatic carbocycles. The minimum absolute atomic E-state index is 0. The van der Waals surface area contributed by atoms with Gasteiger partial charge in [0.05, 0.1) is 23.9 Å². The maximum Gasteiger partial charge on any atom is 0.416 e. The van der Waals surface area contributed by atoms with Crippen LogP contribution in [0.15, 0.2) is 36.5 Å². The Morgan fingerprint density at radius 2 is 1.86 bits per heavy atom. The number of aryl methyl sites for hydroxylation is 1. The molecule has 0 aliphatic heterocycles. The van der Waals surface area contributed by atoms with E-state index in [0.717, 1.165) is 12.1 Å². The van der Waals surface area contributed by atoms with E-state index < -0.39 is 17.7 Å². The molecule has 3 nitrogen and oxygen atoms in total. The number of aromatic nitrogens is 1. The van der Waals surface area contributed by atoms with E-state index in [0.29, 0.717) is 22.4 Å². The Labute approximate surface area is 131 Å². The second-order valence-corrected chi connectivity index (χ2v) is 4.45. The van der Waals surface area contributed by atoms with Gasteiger partial charge in [-0.25, -0.2) is 4.79 Å². The molecule has 118 valence electrons. The maximum atomic E-state index is 12.6. The Morgan fingerprint density at radius 1 is 1.18 bits per heavy atom. The second-order valence-electron chi connectivity index (χ2n) is 4.45. The Morgan fingerprint density at radius 3 is 2.41 bits per heavy atom. The fourth-order valence-corrected chi connectivity index (χ4v) is 1.95. The number of pyridine rings is 1. The molecule has 0 spiro atoms. The van der Waals surface area contributed by atoms with Crippen molar-refractivity contribution in [2.24, 2.45) is 0 Å². The molecular weight excluding hydrogens is 319 g/mol. The zero-order valence-corrected chi connectivity index (χ0v) is 12.6. The number of hydrogen-bond donors (Lipinski definition) is 0. The van der Waals surface area contributed by atoms with Crippen LogP contribution in [-0.2, 0) is 10.9 Å². The normalized spacial score (nSPS) is 10.8. The summed E-state index contributed by atoms with van der Waals surface area (Å²) in [5, 5.41) is 0. The standard InChI is InChI=1S/C15H12F3NO2.ClH/c1-9-7-11(15(16,17)18)3-4-12(9)13-8-10(5-6-19-13)14(20)21-2;/h3-8H,1-2H3;1H. The van der Waals surface area contributed by atoms with Crippen molar-refractivity contribution in [3.8, 4) is 11.3 Å². The molecule has 0 radical (unpaired) electrons. The molecule has 0 N–H and O–H groups in total. The van der Waals surface area contributed by atoms with Gasteiger partial charge in [0.2, 0.25) is 0 Å². The summed E-state index contributed by atoms with van der Waals surface area (Å²) < 4.78 is 42.5. The number of methoxy groups -OCH3 is 1. The van der Waals surface area contributed by atoms with Crippen LogP contribution in [0.2, 0.25) is 0 Å². The fourth-order valence-electron chi connectivity index (χ4n) is 1.95. The van der Waals surface area contributed by atoms with Crippen molar-refractivity contribution in [1.29, 1.82) is 0 Å². The molecule has 0 atom stereocenters. The molecule has 0 saturated heterocycles. The lowest BCUT2D eigenvalue weighted by Gasteiger charge is -2.11. The Hall–Kier alpha value is -2.08. The summed E-state index contributed by atoms with van der Waals surface area (Å²) in [6.07, 6.45) is -2.97. The summed E-state index contributed by atoms with van der Waals surface area (Å²) in [6.45, 7) is 1.57. The Kier molecular flexibility index (Phi) is 5.54. The van der Waals surface area contributed by atoms with Gasteiger partial charge in [-0.3, -0.25) is 4.98 Å². The molecule has 7 heteroatoms. The highest BCUT2D eigenvalue weighted by atomic mass is 35.5. The highest BCUT2D eigenvalue weighted by Crippen LogP contribution is 2.32. The van der Waals surface area contributed by atoms with Crippen LogP contribution in [-0.4, -0.2) is 18.1 Å². The largest absolute Gasteiger partial charge is 0.465 e. The zero-order valence-electron chi connectivity index (χ0n) is 11.8. The second kappa shape index (κ2) is 6.79. The van der Waals surface area contributed by atoms with Gasteiger partial charge in [-0.1, -0.05) is 6.07 Å². The van der Waals surface area contributed by atoms with Crippen LogP contribution in [0, 0.1) is 6.92 Å². The van der Waals surface area contributed by atoms with E-state index in [1.807, 2.05) is 0 Å². The van der Waals surface area contributed by atoms with Crippen molar-refractivity contribution >= 4 is 18.4 Å². The van der Waals surface area contributed by atoms with Crippen LogP contribution >= 0.6 is 12.4 Å². The molecule has 2 rings (SSSR count). The summed E-state index contributed by atoms with van der Waals surface area (Å²) in [5.41, 5.74) is 0.965. The first-order valence-electron chi connectivity index (χ1n) is 6.05. The number of esters is 1. The third kappa shape index (κ3) is 3.76. The molecule has 0 unspecified atom stereocenters. The molecule has 0 bridgehead atoms. The zero-order chi connectivity index (χ0) is 15.6. The van der Waals surface area contributed by atoms with E-state index in [4.69, 9.17) is 0 Å². The van der Waals surface area contributed by atoms with Crippen molar-refractivity contribution in [2.75, 3.05) is 7.11 Å². The lowest BCUT2D eigenvalue weighted by Crippen LogP contribution is -2.05. The number of carbonyl (C=O) groups excluding carboxylic acids is 1. The maximum absolute atomic E-state index is 12.6. The van der Waals surface area contributed by atoms with Crippen LogP contribution in [0.1, 0.15) is 21.5 Å². The summed E-state index contributed by atoms with van der Waals surface area (Å²) >= 11 is 0. The number of hydrogen-bond acceptors (Lipinski definition) is 3. The number of carbonyl (C=O) groups is 1. The molecule has 2 aromatic rings. The molecule has 0 saturated carbocycles. The lowest BCUT2D eigenvalue weighted by molar-refractivity contribution is -0.137. The van der Waals surface area contributed by atoms with Gasteiger partial charge in [0.15, 0.2) is 0 Å². The van der Waals surface area contributed by atoms with Crippen LogP contribution in [0.4, 0.5) is 13.2 Å². The van der Waals surface area contributed by atoms with Crippen molar-refractivity contribution in [1.82, 2.24) is 4.98 Å². The number of benzene rings is 1. The quantitative estimate of drug-likeness (QED) is 0.771. The SMILES string of the molecule is COC(=O)c1ccnc(-c2ccc(C(F)(F)F)cc2C)c1.Cl. The first kappa shape index (κ1) is 18.0. The average Bonchev–Trinajstić information content (AvgIpc) is 2.45. The smallest absolute Gasteiger partial charge is 0.416 e. The van der Waals surface area contributed by atoms with Gasteiger partial charge < -0.3 is 4.74 Å². The van der Waals surface area contributed by atoms with Gasteiger partial charge in [-0.15, -0.1) is 12.4 Å². The first-order chi connectivity index (χ1) is 9.82. The van der Waals surface area contributed by atoms with Crippen LogP contribution in [0.25, 0.3) is 11.3 Å². The van der Waals surface area contributed by atoms with Gasteiger partial charge in [-0.05, 0) is 36.8 Å². The van der Waals surface area contributed by atoms with Crippen molar-refractivity contribution in [3.63, 3.8) is 0 Å². The predicted octanol–water partition coefficient (Wildman–Crippen LogP) is 4.28. The summed E-state index contributed by atoms with van der Waals surface area (Å²) in [6, 6.07) is 6.37. The van der Waals surface area contributed by atoms with Crippen LogP contribution in [0.3, 0.4) is 0 Å². The van der Waals surface area contributed by atoms with Gasteiger partial charge >= 0.3 is 12.1 Å². The van der Waals surface area contributed by atoms with E-state index in [2.05, 4.69) is 9.72 Å². The minimum Gasteiger partial charge on any atom is -0.465 e. The molecule has 0 fully saturated rings. The Balaban J connectivity index is 0.00000242. The molecule has 1 aromatic heterocycles. The number of halogens is 4. The van der Waals surface area contributed by atoms with Crippen molar-refractivity contribution in [2.45, 2.75) is 13.1 Å². The van der Waals surface area contributed by atoms with Crippen molar-refractivity contribution < 1.29 is 22.7 Å². The van der Waals surface area contributed by atoms with Crippen LogP contribution < -0.4 is 0 Å². The highest BCUT2D eigenvalue weighted by molar-refractivity contribution is 5.90. The summed E-state index contributed by atoms with van der Waals surface area (Å²) in [5.74, 6) is -0.525. The lowest BCUT2D eigenvalue weighted by atomic mass is 10.0. The number of ether oxygens (including phenoxy) is 1. The summed E-state index contributed by atoms with van der Waals surface area (Å²) in [7, 11) is 1.26. The molecule has 22 heavy (non-hydrogen) atoms.